The number of nitrogens with zero attached hydrogens (tertiary/aromatic N) is 1. The lowest BCUT2D eigenvalue weighted by Crippen LogP contribution is -2.40. The van der Waals surface area contributed by atoms with Crippen molar-refractivity contribution in [1.29, 1.82) is 0 Å². The molecule has 0 radical (unpaired) electrons. The van der Waals surface area contributed by atoms with E-state index in [1.165, 1.54) is 12.8 Å². The van der Waals surface area contributed by atoms with Crippen LogP contribution >= 0.6 is 0 Å². The van der Waals surface area contributed by atoms with Gasteiger partial charge >= 0.3 is 5.97 Å². The maximum Gasteiger partial charge on any atom is 0.307 e. The minimum absolute atomic E-state index is 0.0758. The van der Waals surface area contributed by atoms with Crippen LogP contribution < -0.4 is 0 Å². The molecule has 1 aliphatic rings. The smallest absolute Gasteiger partial charge is 0.307 e. The van der Waals surface area contributed by atoms with E-state index >= 15 is 0 Å². The summed E-state index contributed by atoms with van der Waals surface area (Å²) in [6.45, 7) is 8.23. The third-order valence-corrected chi connectivity index (χ3v) is 4.43. The van der Waals surface area contributed by atoms with Gasteiger partial charge < -0.3 is 4.74 Å². The molecule has 0 spiro atoms. The van der Waals surface area contributed by atoms with E-state index in [2.05, 4.69) is 18.7 Å². The van der Waals surface area contributed by atoms with Crippen LogP contribution in [0.25, 0.3) is 0 Å². The van der Waals surface area contributed by atoms with Gasteiger partial charge in [-0.05, 0) is 45.2 Å². The summed E-state index contributed by atoms with van der Waals surface area (Å²) >= 11 is 0. The van der Waals surface area contributed by atoms with Crippen molar-refractivity contribution >= 4 is 11.8 Å². The largest absolute Gasteiger partial charge is 0.465 e. The van der Waals surface area contributed by atoms with Gasteiger partial charge in [-0.1, -0.05) is 33.1 Å². The summed E-state index contributed by atoms with van der Waals surface area (Å²) in [6.07, 6.45) is 6.95. The highest BCUT2D eigenvalue weighted by atomic mass is 16.5. The van der Waals surface area contributed by atoms with Gasteiger partial charge in [0, 0.05) is 0 Å². The predicted molar refractivity (Wildman–Crippen MR) is 84.2 cm³/mol. The third-order valence-electron chi connectivity index (χ3n) is 4.43. The Morgan fingerprint density at radius 3 is 2.38 bits per heavy atom. The molecule has 0 saturated carbocycles. The van der Waals surface area contributed by atoms with Gasteiger partial charge in [0.1, 0.15) is 5.78 Å². The van der Waals surface area contributed by atoms with Gasteiger partial charge in [0.15, 0.2) is 0 Å². The van der Waals surface area contributed by atoms with Crippen molar-refractivity contribution in [2.24, 2.45) is 5.92 Å². The minimum atomic E-state index is -0.282. The monoisotopic (exact) mass is 297 g/mol. The van der Waals surface area contributed by atoms with Crippen LogP contribution in [-0.2, 0) is 14.3 Å². The summed E-state index contributed by atoms with van der Waals surface area (Å²) < 4.78 is 5.41. The Hall–Kier alpha value is -0.900. The molecule has 2 atom stereocenters. The van der Waals surface area contributed by atoms with Gasteiger partial charge in [0.05, 0.1) is 19.1 Å². The number of hydrogen-bond donors (Lipinski definition) is 0. The zero-order chi connectivity index (χ0) is 15.7. The molecule has 1 fully saturated rings. The van der Waals surface area contributed by atoms with E-state index < -0.39 is 0 Å². The lowest BCUT2D eigenvalue weighted by Gasteiger charge is -2.24. The summed E-state index contributed by atoms with van der Waals surface area (Å²) in [7, 11) is 0. The Bertz CT molecular complexity index is 324. The predicted octanol–water partition coefficient (Wildman–Crippen LogP) is 3.19. The molecule has 4 heteroatoms. The van der Waals surface area contributed by atoms with Crippen LogP contribution in [0.4, 0.5) is 0 Å². The molecule has 0 aliphatic carbocycles. The third kappa shape index (κ3) is 6.60. The van der Waals surface area contributed by atoms with Crippen LogP contribution in [0, 0.1) is 5.92 Å². The van der Waals surface area contributed by atoms with Crippen LogP contribution in [0.15, 0.2) is 0 Å². The molecule has 0 aromatic heterocycles. The fourth-order valence-corrected chi connectivity index (χ4v) is 2.91. The molecule has 21 heavy (non-hydrogen) atoms. The number of Topliss-reactive ketones (excluding diaryl/α,β-unsaturated/α-hetero) is 1. The maximum absolute atomic E-state index is 12.0. The lowest BCUT2D eigenvalue weighted by atomic mass is 10.0. The van der Waals surface area contributed by atoms with Gasteiger partial charge in [-0.2, -0.15) is 0 Å². The van der Waals surface area contributed by atoms with E-state index in [-0.39, 0.29) is 24.2 Å². The average molecular weight is 297 g/mol. The first-order valence-corrected chi connectivity index (χ1v) is 8.48. The van der Waals surface area contributed by atoms with Crippen molar-refractivity contribution in [3.05, 3.63) is 0 Å². The van der Waals surface area contributed by atoms with E-state index in [1.54, 1.807) is 6.92 Å². The van der Waals surface area contributed by atoms with Gasteiger partial charge in [-0.25, -0.2) is 0 Å². The van der Waals surface area contributed by atoms with Gasteiger partial charge in [0.2, 0.25) is 0 Å². The Balaban J connectivity index is 2.37. The highest BCUT2D eigenvalue weighted by Gasteiger charge is 2.28. The number of unbranched alkanes of at least 4 members (excludes halogenated alkanes) is 1. The first-order chi connectivity index (χ1) is 10.1. The molecule has 0 bridgehead atoms. The summed E-state index contributed by atoms with van der Waals surface area (Å²) in [4.78, 5) is 25.9. The Labute approximate surface area is 129 Å². The number of esters is 1. The number of ketones is 1. The van der Waals surface area contributed by atoms with E-state index in [9.17, 15) is 9.59 Å². The molecule has 1 aliphatic heterocycles. The number of ether oxygens (including phenoxy) is 1. The summed E-state index contributed by atoms with van der Waals surface area (Å²) in [5.74, 6) is 0.306. The highest BCUT2D eigenvalue weighted by Crippen LogP contribution is 2.17. The minimum Gasteiger partial charge on any atom is -0.465 e. The summed E-state index contributed by atoms with van der Waals surface area (Å²) in [5, 5.41) is 0. The fraction of sp³-hybridized carbons (Fsp3) is 0.882. The van der Waals surface area contributed by atoms with Crippen LogP contribution in [0.5, 0.6) is 0 Å². The van der Waals surface area contributed by atoms with Crippen molar-refractivity contribution in [3.63, 3.8) is 0 Å². The van der Waals surface area contributed by atoms with Crippen LogP contribution in [-0.4, -0.2) is 42.4 Å². The molecular formula is C17H31NO3. The topological polar surface area (TPSA) is 46.6 Å². The number of hydrogen-bond acceptors (Lipinski definition) is 4. The Kier molecular flexibility index (Phi) is 8.58. The molecular weight excluding hydrogens is 266 g/mol. The quantitative estimate of drug-likeness (QED) is 0.581. The van der Waals surface area contributed by atoms with E-state index in [4.69, 9.17) is 4.74 Å². The molecule has 0 aromatic carbocycles. The van der Waals surface area contributed by atoms with Crippen molar-refractivity contribution in [3.8, 4) is 0 Å². The number of carbonyl (C=O) groups excluding carboxylic acids is 2. The SMILES string of the molecule is CCCCC(CC)COC(=O)CC(C(C)=O)N1CCCC1. The molecule has 4 nitrogen and oxygen atoms in total. The molecule has 122 valence electrons. The zero-order valence-corrected chi connectivity index (χ0v) is 13.9. The second kappa shape index (κ2) is 9.93. The van der Waals surface area contributed by atoms with E-state index in [0.717, 1.165) is 38.8 Å². The van der Waals surface area contributed by atoms with Crippen LogP contribution in [0.1, 0.15) is 65.7 Å². The highest BCUT2D eigenvalue weighted by molar-refractivity contribution is 5.86. The lowest BCUT2D eigenvalue weighted by molar-refractivity contribution is -0.148. The molecule has 1 rings (SSSR count). The molecule has 0 N–H and O–H groups in total. The van der Waals surface area contributed by atoms with Crippen molar-refractivity contribution in [2.75, 3.05) is 19.7 Å². The second-order valence-electron chi connectivity index (χ2n) is 6.17. The van der Waals surface area contributed by atoms with Crippen molar-refractivity contribution < 1.29 is 14.3 Å². The Morgan fingerprint density at radius 2 is 1.86 bits per heavy atom. The molecule has 0 aromatic rings. The Morgan fingerprint density at radius 1 is 1.19 bits per heavy atom. The van der Waals surface area contributed by atoms with E-state index in [0.29, 0.717) is 12.5 Å². The summed E-state index contributed by atoms with van der Waals surface area (Å²) in [6, 6.07) is -0.282. The first-order valence-electron chi connectivity index (χ1n) is 8.48. The number of rotatable bonds is 10. The fourth-order valence-electron chi connectivity index (χ4n) is 2.91. The van der Waals surface area contributed by atoms with Gasteiger partial charge in [0.25, 0.3) is 0 Å². The second-order valence-corrected chi connectivity index (χ2v) is 6.17. The normalized spacial score (nSPS) is 18.4. The van der Waals surface area contributed by atoms with Crippen molar-refractivity contribution in [1.82, 2.24) is 4.90 Å². The first kappa shape index (κ1) is 18.1. The molecule has 1 heterocycles. The molecule has 2 unspecified atom stereocenters. The molecule has 0 amide bonds. The number of likely N-dealkylation sites (tertiary alicyclic amines) is 1. The average Bonchev–Trinajstić information content (AvgIpc) is 2.98. The molecule has 1 saturated heterocycles. The van der Waals surface area contributed by atoms with E-state index in [1.807, 2.05) is 0 Å². The zero-order valence-electron chi connectivity index (χ0n) is 13.9. The van der Waals surface area contributed by atoms with Gasteiger partial charge in [-0.3, -0.25) is 14.5 Å². The van der Waals surface area contributed by atoms with Gasteiger partial charge in [-0.15, -0.1) is 0 Å². The maximum atomic E-state index is 12.0. The standard InChI is InChI=1S/C17H31NO3/c1-4-6-9-15(5-2)13-21-17(20)12-16(14(3)19)18-10-7-8-11-18/h15-16H,4-13H2,1-3H3. The van der Waals surface area contributed by atoms with Crippen molar-refractivity contribution in [2.45, 2.75) is 71.8 Å². The summed E-state index contributed by atoms with van der Waals surface area (Å²) in [5.41, 5.74) is 0. The number of carbonyl (C=O) groups is 2. The van der Waals surface area contributed by atoms with Crippen LogP contribution in [0.2, 0.25) is 0 Å². The van der Waals surface area contributed by atoms with Crippen LogP contribution in [0.3, 0.4) is 0 Å².